The molecule has 2 amide bonds. The Balaban J connectivity index is 2.21. The van der Waals surface area contributed by atoms with Crippen LogP contribution in [0.4, 0.5) is 4.79 Å². The summed E-state index contributed by atoms with van der Waals surface area (Å²) < 4.78 is 5.15. The molecule has 0 spiro atoms. The van der Waals surface area contributed by atoms with Gasteiger partial charge in [0.05, 0.1) is 0 Å². The predicted octanol–water partition coefficient (Wildman–Crippen LogP) is 0.917. The molecule has 6 heteroatoms. The highest BCUT2D eigenvalue weighted by Gasteiger charge is 2.23. The largest absolute Gasteiger partial charge is 0.423 e. The first-order valence-electron chi connectivity index (χ1n) is 5.50. The van der Waals surface area contributed by atoms with Crippen molar-refractivity contribution in [1.82, 2.24) is 16.2 Å². The molecule has 1 aliphatic heterocycles. The molecule has 3 rings (SSSR count). The van der Waals surface area contributed by atoms with Crippen LogP contribution in [0.2, 0.25) is 0 Å². The summed E-state index contributed by atoms with van der Waals surface area (Å²) in [6.07, 6.45) is -0.438. The van der Waals surface area contributed by atoms with Crippen LogP contribution in [0, 0.1) is 6.92 Å². The molecule has 1 aromatic heterocycles. The van der Waals surface area contributed by atoms with E-state index in [0.29, 0.717) is 11.1 Å². The summed E-state index contributed by atoms with van der Waals surface area (Å²) in [5.41, 5.74) is 6.96. The number of amides is 2. The van der Waals surface area contributed by atoms with Crippen molar-refractivity contribution in [2.24, 2.45) is 0 Å². The van der Waals surface area contributed by atoms with Crippen LogP contribution in [0.25, 0.3) is 11.0 Å². The Morgan fingerprint density at radius 3 is 2.78 bits per heavy atom. The van der Waals surface area contributed by atoms with Crippen molar-refractivity contribution in [3.63, 3.8) is 0 Å². The summed E-state index contributed by atoms with van der Waals surface area (Å²) in [6, 6.07) is 6.64. The highest BCUT2D eigenvalue weighted by molar-refractivity contribution is 5.83. The Hall–Kier alpha value is -2.34. The molecule has 0 aliphatic carbocycles. The van der Waals surface area contributed by atoms with Gasteiger partial charge in [-0.3, -0.25) is 5.43 Å². The van der Waals surface area contributed by atoms with Gasteiger partial charge in [0.2, 0.25) is 0 Å². The van der Waals surface area contributed by atoms with Crippen LogP contribution in [0.5, 0.6) is 0 Å². The summed E-state index contributed by atoms with van der Waals surface area (Å²) in [7, 11) is 0. The first-order valence-corrected chi connectivity index (χ1v) is 5.50. The minimum Gasteiger partial charge on any atom is -0.423 e. The van der Waals surface area contributed by atoms with E-state index in [9.17, 15) is 9.59 Å². The molecular formula is C12H11N3O3. The highest BCUT2D eigenvalue weighted by atomic mass is 16.4. The van der Waals surface area contributed by atoms with E-state index in [-0.39, 0.29) is 6.03 Å². The van der Waals surface area contributed by atoms with Gasteiger partial charge in [-0.2, -0.15) is 0 Å². The number of hydrazine groups is 1. The fourth-order valence-electron chi connectivity index (χ4n) is 2.03. The van der Waals surface area contributed by atoms with Crippen molar-refractivity contribution in [2.45, 2.75) is 13.1 Å². The normalized spacial score (nSPS) is 18.7. The molecule has 3 N–H and O–H groups in total. The molecule has 1 unspecified atom stereocenters. The van der Waals surface area contributed by atoms with E-state index in [1.807, 2.05) is 19.1 Å². The third-order valence-electron chi connectivity index (χ3n) is 2.85. The van der Waals surface area contributed by atoms with E-state index in [4.69, 9.17) is 4.42 Å². The number of carbonyl (C=O) groups is 1. The second kappa shape index (κ2) is 3.85. The fourth-order valence-corrected chi connectivity index (χ4v) is 2.03. The van der Waals surface area contributed by atoms with Gasteiger partial charge in [-0.05, 0) is 18.6 Å². The molecule has 2 aromatic rings. The molecule has 92 valence electrons. The number of hydrogen-bond donors (Lipinski definition) is 3. The smallest absolute Gasteiger partial charge is 0.336 e. The van der Waals surface area contributed by atoms with E-state index in [1.54, 1.807) is 6.07 Å². The first kappa shape index (κ1) is 10.8. The molecule has 1 aliphatic rings. The minimum atomic E-state index is -0.439. The maximum absolute atomic E-state index is 11.5. The lowest BCUT2D eigenvalue weighted by Crippen LogP contribution is -2.27. The SMILES string of the molecule is Cc1ccc2c(C3NNC(=O)N3)cc(=O)oc2c1. The Labute approximate surface area is 102 Å². The van der Waals surface area contributed by atoms with E-state index >= 15 is 0 Å². The quantitative estimate of drug-likeness (QED) is 0.652. The standard InChI is InChI=1S/C12H11N3O3/c1-6-2-3-7-8(11-13-12(17)15-14-11)5-10(16)18-9(7)4-6/h2-5,11,14H,1H3,(H2,13,15,17). The molecule has 0 saturated carbocycles. The number of hydrogen-bond acceptors (Lipinski definition) is 4. The molecule has 2 heterocycles. The van der Waals surface area contributed by atoms with Gasteiger partial charge in [0.1, 0.15) is 11.7 Å². The number of nitrogens with one attached hydrogen (secondary N) is 3. The number of carbonyl (C=O) groups excluding carboxylic acids is 1. The lowest BCUT2D eigenvalue weighted by molar-refractivity contribution is 0.247. The van der Waals surface area contributed by atoms with Crippen molar-refractivity contribution in [2.75, 3.05) is 0 Å². The Kier molecular flexibility index (Phi) is 2.31. The topological polar surface area (TPSA) is 83.4 Å². The third kappa shape index (κ3) is 1.72. The second-order valence-corrected chi connectivity index (χ2v) is 4.20. The van der Waals surface area contributed by atoms with E-state index < -0.39 is 11.8 Å². The number of aryl methyl sites for hydroxylation is 1. The van der Waals surface area contributed by atoms with Gasteiger partial charge < -0.3 is 9.73 Å². The second-order valence-electron chi connectivity index (χ2n) is 4.20. The summed E-state index contributed by atoms with van der Waals surface area (Å²) in [6.45, 7) is 1.92. The van der Waals surface area contributed by atoms with Crippen molar-refractivity contribution in [1.29, 1.82) is 0 Å². The number of benzene rings is 1. The van der Waals surface area contributed by atoms with Crippen LogP contribution in [0.1, 0.15) is 17.3 Å². The molecule has 18 heavy (non-hydrogen) atoms. The van der Waals surface area contributed by atoms with Crippen LogP contribution >= 0.6 is 0 Å². The summed E-state index contributed by atoms with van der Waals surface area (Å²) in [5.74, 6) is 0. The van der Waals surface area contributed by atoms with Gasteiger partial charge >= 0.3 is 11.7 Å². The van der Waals surface area contributed by atoms with E-state index in [2.05, 4.69) is 16.2 Å². The maximum atomic E-state index is 11.5. The van der Waals surface area contributed by atoms with Gasteiger partial charge in [0.15, 0.2) is 0 Å². The fraction of sp³-hybridized carbons (Fsp3) is 0.167. The maximum Gasteiger partial charge on any atom is 0.336 e. The molecule has 1 fully saturated rings. The van der Waals surface area contributed by atoms with Crippen LogP contribution in [-0.4, -0.2) is 6.03 Å². The van der Waals surface area contributed by atoms with Crippen molar-refractivity contribution in [3.8, 4) is 0 Å². The van der Waals surface area contributed by atoms with Crippen LogP contribution in [0.15, 0.2) is 33.5 Å². The molecular weight excluding hydrogens is 234 g/mol. The molecule has 1 atom stereocenters. The third-order valence-corrected chi connectivity index (χ3v) is 2.85. The first-order chi connectivity index (χ1) is 8.63. The van der Waals surface area contributed by atoms with Crippen LogP contribution in [-0.2, 0) is 0 Å². The van der Waals surface area contributed by atoms with Crippen molar-refractivity contribution < 1.29 is 9.21 Å². The van der Waals surface area contributed by atoms with Crippen LogP contribution < -0.4 is 21.8 Å². The predicted molar refractivity (Wildman–Crippen MR) is 64.8 cm³/mol. The Morgan fingerprint density at radius 1 is 1.22 bits per heavy atom. The molecule has 6 nitrogen and oxygen atoms in total. The van der Waals surface area contributed by atoms with Gasteiger partial charge in [-0.1, -0.05) is 12.1 Å². The Bertz CT molecular complexity index is 693. The van der Waals surface area contributed by atoms with E-state index in [1.165, 1.54) is 6.07 Å². The number of fused-ring (bicyclic) bond motifs is 1. The Morgan fingerprint density at radius 2 is 2.06 bits per heavy atom. The van der Waals surface area contributed by atoms with Gasteiger partial charge in [0, 0.05) is 17.0 Å². The monoisotopic (exact) mass is 245 g/mol. The van der Waals surface area contributed by atoms with Crippen molar-refractivity contribution >= 4 is 17.0 Å². The molecule has 1 aromatic carbocycles. The summed E-state index contributed by atoms with van der Waals surface area (Å²) in [5, 5.41) is 3.46. The number of rotatable bonds is 1. The average molecular weight is 245 g/mol. The number of urea groups is 1. The summed E-state index contributed by atoms with van der Waals surface area (Å²) in [4.78, 5) is 22.6. The average Bonchev–Trinajstić information content (AvgIpc) is 2.74. The minimum absolute atomic E-state index is 0.325. The highest BCUT2D eigenvalue weighted by Crippen LogP contribution is 2.23. The van der Waals surface area contributed by atoms with Crippen molar-refractivity contribution in [3.05, 3.63) is 45.8 Å². The summed E-state index contributed by atoms with van der Waals surface area (Å²) >= 11 is 0. The zero-order valence-corrected chi connectivity index (χ0v) is 9.61. The zero-order valence-electron chi connectivity index (χ0n) is 9.61. The lowest BCUT2D eigenvalue weighted by Gasteiger charge is -2.11. The zero-order chi connectivity index (χ0) is 12.7. The molecule has 0 radical (unpaired) electrons. The van der Waals surface area contributed by atoms with Crippen LogP contribution in [0.3, 0.4) is 0 Å². The molecule has 0 bridgehead atoms. The lowest BCUT2D eigenvalue weighted by atomic mass is 10.1. The molecule has 1 saturated heterocycles. The van der Waals surface area contributed by atoms with Gasteiger partial charge in [0.25, 0.3) is 0 Å². The van der Waals surface area contributed by atoms with Gasteiger partial charge in [-0.25, -0.2) is 15.0 Å². The van der Waals surface area contributed by atoms with Gasteiger partial charge in [-0.15, -0.1) is 0 Å². The van der Waals surface area contributed by atoms with E-state index in [0.717, 1.165) is 10.9 Å².